The van der Waals surface area contributed by atoms with Gasteiger partial charge in [-0.05, 0) is 43.6 Å². The Hall–Kier alpha value is -0.960. The van der Waals surface area contributed by atoms with E-state index in [1.807, 2.05) is 11.8 Å². The normalized spacial score (nSPS) is 27.4. The maximum atomic E-state index is 13.3. The summed E-state index contributed by atoms with van der Waals surface area (Å²) in [6, 6.07) is 3.22. The molecule has 2 fully saturated rings. The number of nitrogens with zero attached hydrogens (tertiary/aromatic N) is 2. The van der Waals surface area contributed by atoms with E-state index in [-0.39, 0.29) is 24.4 Å². The molecule has 152 valence electrons. The molecular weight excluding hydrogens is 384 g/mol. The van der Waals surface area contributed by atoms with E-state index in [4.69, 9.17) is 0 Å². The number of amides is 1. The third kappa shape index (κ3) is 4.55. The molecule has 1 saturated heterocycles. The second-order valence-electron chi connectivity index (χ2n) is 7.59. The minimum atomic E-state index is -3.53. The van der Waals surface area contributed by atoms with Crippen molar-refractivity contribution in [2.75, 3.05) is 19.6 Å². The molecule has 1 aromatic rings. The van der Waals surface area contributed by atoms with Crippen LogP contribution >= 0.6 is 11.3 Å². The number of hydrogen-bond donors (Lipinski definition) is 1. The van der Waals surface area contributed by atoms with Crippen LogP contribution in [-0.4, -0.2) is 60.4 Å². The van der Waals surface area contributed by atoms with Gasteiger partial charge in [-0.3, -0.25) is 4.79 Å². The lowest BCUT2D eigenvalue weighted by Gasteiger charge is -2.41. The molecule has 3 atom stereocenters. The van der Waals surface area contributed by atoms with E-state index >= 15 is 0 Å². The van der Waals surface area contributed by atoms with Crippen molar-refractivity contribution in [3.63, 3.8) is 0 Å². The highest BCUT2D eigenvalue weighted by Crippen LogP contribution is 2.30. The second kappa shape index (κ2) is 9.03. The number of piperidine rings is 1. The van der Waals surface area contributed by atoms with Crippen molar-refractivity contribution in [2.24, 2.45) is 5.92 Å². The van der Waals surface area contributed by atoms with Crippen LogP contribution in [0.1, 0.15) is 51.9 Å². The van der Waals surface area contributed by atoms with Gasteiger partial charge in [0.1, 0.15) is 4.21 Å². The summed E-state index contributed by atoms with van der Waals surface area (Å²) in [5.41, 5.74) is 0. The van der Waals surface area contributed by atoms with Crippen molar-refractivity contribution in [3.8, 4) is 0 Å². The highest BCUT2D eigenvalue weighted by molar-refractivity contribution is 7.91. The first-order valence-corrected chi connectivity index (χ1v) is 12.3. The SMILES string of the molecule is CCCN(C(=O)[C@@H]1CCCN(S(=O)(=O)c2cccs2)C1)[C@H]1CCCC[C@H]1O. The van der Waals surface area contributed by atoms with Crippen LogP contribution in [0.25, 0.3) is 0 Å². The molecule has 6 nitrogen and oxygen atoms in total. The molecule has 1 amide bonds. The fourth-order valence-corrected chi connectivity index (χ4v) is 6.94. The average molecular weight is 415 g/mol. The number of aliphatic hydroxyl groups is 1. The van der Waals surface area contributed by atoms with Crippen molar-refractivity contribution in [1.82, 2.24) is 9.21 Å². The number of rotatable bonds is 6. The lowest BCUT2D eigenvalue weighted by molar-refractivity contribution is -0.143. The smallest absolute Gasteiger partial charge is 0.252 e. The Kier molecular flexibility index (Phi) is 6.94. The van der Waals surface area contributed by atoms with E-state index < -0.39 is 16.1 Å². The Balaban J connectivity index is 1.74. The third-order valence-electron chi connectivity index (χ3n) is 5.66. The van der Waals surface area contributed by atoms with Gasteiger partial charge < -0.3 is 10.0 Å². The Bertz CT molecular complexity index is 720. The molecular formula is C19H30N2O4S2. The van der Waals surface area contributed by atoms with Gasteiger partial charge in [-0.15, -0.1) is 11.3 Å². The van der Waals surface area contributed by atoms with Crippen LogP contribution in [0.5, 0.6) is 0 Å². The highest BCUT2D eigenvalue weighted by Gasteiger charge is 2.38. The summed E-state index contributed by atoms with van der Waals surface area (Å²) in [5.74, 6) is -0.317. The molecule has 1 aromatic heterocycles. The molecule has 3 rings (SSSR count). The lowest BCUT2D eigenvalue weighted by atomic mass is 9.89. The zero-order valence-electron chi connectivity index (χ0n) is 15.9. The highest BCUT2D eigenvalue weighted by atomic mass is 32.2. The minimum absolute atomic E-state index is 0.00822. The summed E-state index contributed by atoms with van der Waals surface area (Å²) in [5, 5.41) is 12.2. The largest absolute Gasteiger partial charge is 0.391 e. The molecule has 0 unspecified atom stereocenters. The summed E-state index contributed by atoms with van der Waals surface area (Å²) < 4.78 is 27.5. The Morgan fingerprint density at radius 2 is 2.07 bits per heavy atom. The first kappa shape index (κ1) is 20.8. The Labute approximate surface area is 166 Å². The van der Waals surface area contributed by atoms with Crippen molar-refractivity contribution < 1.29 is 18.3 Å². The van der Waals surface area contributed by atoms with E-state index in [9.17, 15) is 18.3 Å². The number of aliphatic hydroxyl groups excluding tert-OH is 1. The van der Waals surface area contributed by atoms with E-state index in [0.717, 1.165) is 32.1 Å². The van der Waals surface area contributed by atoms with E-state index in [1.54, 1.807) is 17.5 Å². The molecule has 0 spiro atoms. The molecule has 1 saturated carbocycles. The zero-order chi connectivity index (χ0) is 19.4. The number of carbonyl (C=O) groups excluding carboxylic acids is 1. The van der Waals surface area contributed by atoms with Gasteiger partial charge in [0, 0.05) is 19.6 Å². The molecule has 2 aliphatic rings. The number of thiophene rings is 1. The molecule has 1 aliphatic heterocycles. The summed E-state index contributed by atoms with van der Waals surface area (Å²) >= 11 is 1.21. The van der Waals surface area contributed by atoms with Crippen molar-refractivity contribution in [2.45, 2.75) is 68.2 Å². The van der Waals surface area contributed by atoms with E-state index in [1.165, 1.54) is 15.6 Å². The van der Waals surface area contributed by atoms with Gasteiger partial charge in [0.2, 0.25) is 5.91 Å². The molecule has 0 radical (unpaired) electrons. The van der Waals surface area contributed by atoms with E-state index in [2.05, 4.69) is 0 Å². The number of sulfonamides is 1. The van der Waals surface area contributed by atoms with Gasteiger partial charge in [-0.1, -0.05) is 25.8 Å². The van der Waals surface area contributed by atoms with Crippen molar-refractivity contribution in [1.29, 1.82) is 0 Å². The third-order valence-corrected chi connectivity index (χ3v) is 8.90. The van der Waals surface area contributed by atoms with Gasteiger partial charge in [-0.2, -0.15) is 4.31 Å². The maximum Gasteiger partial charge on any atom is 0.252 e. The minimum Gasteiger partial charge on any atom is -0.391 e. The first-order valence-electron chi connectivity index (χ1n) is 9.97. The predicted octanol–water partition coefficient (Wildman–Crippen LogP) is 2.69. The standard InChI is InChI=1S/C19H30N2O4S2/c1-2-11-21(16-8-3-4-9-17(16)22)19(23)15-7-5-12-20(14-15)27(24,25)18-10-6-13-26-18/h6,10,13,15-17,22H,2-5,7-9,11-12,14H2,1H3/t15-,16+,17-/m1/s1. The van der Waals surface area contributed by atoms with Crippen LogP contribution < -0.4 is 0 Å². The Morgan fingerprint density at radius 1 is 1.30 bits per heavy atom. The van der Waals surface area contributed by atoms with Gasteiger partial charge in [0.05, 0.1) is 18.1 Å². The Morgan fingerprint density at radius 3 is 2.74 bits per heavy atom. The topological polar surface area (TPSA) is 77.9 Å². The molecule has 0 aromatic carbocycles. The van der Waals surface area contributed by atoms with E-state index in [0.29, 0.717) is 30.1 Å². The summed E-state index contributed by atoms with van der Waals surface area (Å²) in [6.07, 6.45) is 5.36. The van der Waals surface area contributed by atoms with Gasteiger partial charge in [0.15, 0.2) is 0 Å². The van der Waals surface area contributed by atoms with Crippen LogP contribution in [-0.2, 0) is 14.8 Å². The molecule has 27 heavy (non-hydrogen) atoms. The van der Waals surface area contributed by atoms with Crippen LogP contribution in [0, 0.1) is 5.92 Å². The number of hydrogen-bond acceptors (Lipinski definition) is 5. The summed E-state index contributed by atoms with van der Waals surface area (Å²) in [6.45, 7) is 3.35. The van der Waals surface area contributed by atoms with Gasteiger partial charge in [0.25, 0.3) is 10.0 Å². The lowest BCUT2D eigenvalue weighted by Crippen LogP contribution is -2.53. The molecule has 8 heteroatoms. The van der Waals surface area contributed by atoms with Crippen LogP contribution in [0.3, 0.4) is 0 Å². The van der Waals surface area contributed by atoms with Crippen LogP contribution in [0.15, 0.2) is 21.7 Å². The van der Waals surface area contributed by atoms with Gasteiger partial charge in [-0.25, -0.2) is 8.42 Å². The molecule has 2 heterocycles. The maximum absolute atomic E-state index is 13.3. The van der Waals surface area contributed by atoms with Crippen molar-refractivity contribution >= 4 is 27.3 Å². The first-order chi connectivity index (χ1) is 12.9. The van der Waals surface area contributed by atoms with Crippen LogP contribution in [0.2, 0.25) is 0 Å². The average Bonchev–Trinajstić information content (AvgIpc) is 3.22. The monoisotopic (exact) mass is 414 g/mol. The number of carbonyl (C=O) groups is 1. The molecule has 1 N–H and O–H groups in total. The summed E-state index contributed by atoms with van der Waals surface area (Å²) in [7, 11) is -3.53. The second-order valence-corrected chi connectivity index (χ2v) is 10.7. The zero-order valence-corrected chi connectivity index (χ0v) is 17.6. The fourth-order valence-electron chi connectivity index (χ4n) is 4.27. The van der Waals surface area contributed by atoms with Crippen molar-refractivity contribution in [3.05, 3.63) is 17.5 Å². The van der Waals surface area contributed by atoms with Crippen LogP contribution in [0.4, 0.5) is 0 Å². The quantitative estimate of drug-likeness (QED) is 0.776. The fraction of sp³-hybridized carbons (Fsp3) is 0.737. The van der Waals surface area contributed by atoms with Gasteiger partial charge >= 0.3 is 0 Å². The summed E-state index contributed by atoms with van der Waals surface area (Å²) in [4.78, 5) is 15.1. The molecule has 0 bridgehead atoms. The predicted molar refractivity (Wildman–Crippen MR) is 106 cm³/mol. The molecule has 1 aliphatic carbocycles.